The van der Waals surface area contributed by atoms with E-state index in [1.165, 1.54) is 19.3 Å². The van der Waals surface area contributed by atoms with Gasteiger partial charge in [-0.3, -0.25) is 10.1 Å². The van der Waals surface area contributed by atoms with Crippen molar-refractivity contribution in [3.8, 4) is 0 Å². The first-order chi connectivity index (χ1) is 9.70. The van der Waals surface area contributed by atoms with Gasteiger partial charge in [0.15, 0.2) is 0 Å². The monoisotopic (exact) mass is 276 g/mol. The van der Waals surface area contributed by atoms with Gasteiger partial charge in [0, 0.05) is 25.7 Å². The van der Waals surface area contributed by atoms with Crippen molar-refractivity contribution in [1.82, 2.24) is 4.98 Å². The highest BCUT2D eigenvalue weighted by molar-refractivity contribution is 5.63. The zero-order chi connectivity index (χ0) is 14.1. The van der Waals surface area contributed by atoms with Crippen LogP contribution in [0.15, 0.2) is 12.1 Å². The molecular weight excluding hydrogens is 256 g/mol. The summed E-state index contributed by atoms with van der Waals surface area (Å²) in [7, 11) is 1.78. The lowest BCUT2D eigenvalue weighted by Gasteiger charge is -2.32. The molecule has 0 aromatic carbocycles. The first kappa shape index (κ1) is 13.1. The maximum atomic E-state index is 11.3. The van der Waals surface area contributed by atoms with Crippen LogP contribution in [0.3, 0.4) is 0 Å². The van der Waals surface area contributed by atoms with Crippen molar-refractivity contribution in [2.75, 3.05) is 23.8 Å². The van der Waals surface area contributed by atoms with Crippen molar-refractivity contribution >= 4 is 17.3 Å². The van der Waals surface area contributed by atoms with Gasteiger partial charge in [0.05, 0.1) is 4.92 Å². The molecule has 2 fully saturated rings. The van der Waals surface area contributed by atoms with Gasteiger partial charge in [-0.2, -0.15) is 0 Å². The Morgan fingerprint density at radius 1 is 1.35 bits per heavy atom. The summed E-state index contributed by atoms with van der Waals surface area (Å²) in [6, 6.07) is 3.66. The fourth-order valence-electron chi connectivity index (χ4n) is 3.60. The summed E-state index contributed by atoms with van der Waals surface area (Å²) in [5, 5.41) is 14.2. The van der Waals surface area contributed by atoms with Crippen LogP contribution in [0.4, 0.5) is 17.3 Å². The van der Waals surface area contributed by atoms with E-state index >= 15 is 0 Å². The summed E-state index contributed by atoms with van der Waals surface area (Å²) in [4.78, 5) is 17.6. The van der Waals surface area contributed by atoms with Crippen molar-refractivity contribution in [2.45, 2.75) is 38.1 Å². The van der Waals surface area contributed by atoms with Crippen LogP contribution in [-0.2, 0) is 0 Å². The molecule has 6 heteroatoms. The second-order valence-corrected chi connectivity index (χ2v) is 5.64. The molecule has 20 heavy (non-hydrogen) atoms. The Kier molecular flexibility index (Phi) is 3.46. The lowest BCUT2D eigenvalue weighted by molar-refractivity contribution is -0.384. The minimum absolute atomic E-state index is 0.121. The number of aromatic nitrogens is 1. The van der Waals surface area contributed by atoms with E-state index in [1.807, 2.05) is 0 Å². The van der Waals surface area contributed by atoms with Gasteiger partial charge < -0.3 is 10.2 Å². The normalized spacial score (nSPS) is 25.4. The molecule has 2 atom stereocenters. The lowest BCUT2D eigenvalue weighted by Crippen LogP contribution is -2.35. The van der Waals surface area contributed by atoms with Crippen molar-refractivity contribution in [1.29, 1.82) is 0 Å². The minimum Gasteiger partial charge on any atom is -0.373 e. The van der Waals surface area contributed by atoms with Crippen molar-refractivity contribution in [3.05, 3.63) is 22.2 Å². The molecule has 1 aromatic rings. The van der Waals surface area contributed by atoms with Crippen LogP contribution in [0, 0.1) is 16.0 Å². The SMILES string of the molecule is CNc1ccc([N+](=O)[O-])c(N2CCC3CCCCC32)n1. The van der Waals surface area contributed by atoms with Crippen molar-refractivity contribution in [3.63, 3.8) is 0 Å². The van der Waals surface area contributed by atoms with Crippen molar-refractivity contribution in [2.24, 2.45) is 5.92 Å². The number of nitrogens with zero attached hydrogens (tertiary/aromatic N) is 3. The number of fused-ring (bicyclic) bond motifs is 1. The van der Waals surface area contributed by atoms with Crippen LogP contribution in [0.5, 0.6) is 0 Å². The summed E-state index contributed by atoms with van der Waals surface area (Å²) < 4.78 is 0. The lowest BCUT2D eigenvalue weighted by atomic mass is 9.85. The average molecular weight is 276 g/mol. The second-order valence-electron chi connectivity index (χ2n) is 5.64. The maximum absolute atomic E-state index is 11.3. The van der Waals surface area contributed by atoms with Crippen LogP contribution >= 0.6 is 0 Å². The smallest absolute Gasteiger partial charge is 0.311 e. The minimum atomic E-state index is -0.322. The number of hydrogen-bond acceptors (Lipinski definition) is 5. The molecule has 3 rings (SSSR count). The largest absolute Gasteiger partial charge is 0.373 e. The fraction of sp³-hybridized carbons (Fsp3) is 0.643. The van der Waals surface area contributed by atoms with E-state index in [0.717, 1.165) is 19.4 Å². The van der Waals surface area contributed by atoms with E-state index in [-0.39, 0.29) is 10.6 Å². The van der Waals surface area contributed by atoms with Crippen molar-refractivity contribution < 1.29 is 4.92 Å². The fourth-order valence-corrected chi connectivity index (χ4v) is 3.60. The van der Waals surface area contributed by atoms with E-state index in [0.29, 0.717) is 23.6 Å². The Balaban J connectivity index is 1.97. The molecule has 2 heterocycles. The van der Waals surface area contributed by atoms with Crippen LogP contribution < -0.4 is 10.2 Å². The topological polar surface area (TPSA) is 71.3 Å². The van der Waals surface area contributed by atoms with E-state index in [2.05, 4.69) is 15.2 Å². The molecule has 1 saturated carbocycles. The molecule has 6 nitrogen and oxygen atoms in total. The molecule has 2 aliphatic rings. The van der Waals surface area contributed by atoms with Gasteiger partial charge in [-0.1, -0.05) is 12.8 Å². The third-order valence-corrected chi connectivity index (χ3v) is 4.59. The Morgan fingerprint density at radius 3 is 2.90 bits per heavy atom. The van der Waals surface area contributed by atoms with E-state index in [4.69, 9.17) is 0 Å². The third kappa shape index (κ3) is 2.19. The average Bonchev–Trinajstić information content (AvgIpc) is 2.90. The molecule has 1 N–H and O–H groups in total. The zero-order valence-corrected chi connectivity index (χ0v) is 11.7. The van der Waals surface area contributed by atoms with Crippen LogP contribution in [-0.4, -0.2) is 29.5 Å². The van der Waals surface area contributed by atoms with E-state index < -0.39 is 0 Å². The van der Waals surface area contributed by atoms with Gasteiger partial charge in [-0.25, -0.2) is 4.98 Å². The van der Waals surface area contributed by atoms with Gasteiger partial charge in [0.1, 0.15) is 5.82 Å². The summed E-state index contributed by atoms with van der Waals surface area (Å²) in [5.41, 5.74) is 0.121. The Bertz CT molecular complexity index is 520. The summed E-state index contributed by atoms with van der Waals surface area (Å²) >= 11 is 0. The Labute approximate surface area is 118 Å². The predicted molar refractivity (Wildman–Crippen MR) is 78.1 cm³/mol. The highest BCUT2D eigenvalue weighted by Crippen LogP contribution is 2.41. The molecule has 1 saturated heterocycles. The van der Waals surface area contributed by atoms with Gasteiger partial charge in [-0.15, -0.1) is 0 Å². The molecule has 1 aliphatic carbocycles. The third-order valence-electron chi connectivity index (χ3n) is 4.59. The molecule has 1 aromatic heterocycles. The molecule has 1 aliphatic heterocycles. The predicted octanol–water partition coefficient (Wildman–Crippen LogP) is 2.80. The quantitative estimate of drug-likeness (QED) is 0.679. The second kappa shape index (κ2) is 5.26. The molecule has 0 bridgehead atoms. The van der Waals surface area contributed by atoms with Crippen LogP contribution in [0.2, 0.25) is 0 Å². The first-order valence-electron chi connectivity index (χ1n) is 7.30. The number of hydrogen-bond donors (Lipinski definition) is 1. The van der Waals surface area contributed by atoms with E-state index in [9.17, 15) is 10.1 Å². The summed E-state index contributed by atoms with van der Waals surface area (Å²) in [5.74, 6) is 1.91. The Hall–Kier alpha value is -1.85. The number of nitro groups is 1. The van der Waals surface area contributed by atoms with Crippen LogP contribution in [0.1, 0.15) is 32.1 Å². The maximum Gasteiger partial charge on any atom is 0.311 e. The highest BCUT2D eigenvalue weighted by atomic mass is 16.6. The summed E-state index contributed by atoms with van der Waals surface area (Å²) in [6.07, 6.45) is 6.03. The molecule has 108 valence electrons. The molecule has 0 spiro atoms. The van der Waals surface area contributed by atoms with Gasteiger partial charge >= 0.3 is 5.69 Å². The number of pyridine rings is 1. The molecule has 2 unspecified atom stereocenters. The first-order valence-corrected chi connectivity index (χ1v) is 7.30. The molecule has 0 amide bonds. The van der Waals surface area contributed by atoms with Gasteiger partial charge in [0.25, 0.3) is 0 Å². The summed E-state index contributed by atoms with van der Waals surface area (Å²) in [6.45, 7) is 0.885. The number of nitrogens with one attached hydrogen (secondary N) is 1. The molecule has 0 radical (unpaired) electrons. The Morgan fingerprint density at radius 2 is 2.15 bits per heavy atom. The standard InChI is InChI=1S/C14H20N4O2/c1-15-13-7-6-12(18(19)20)14(16-13)17-9-8-10-4-2-3-5-11(10)17/h6-7,10-11H,2-5,8-9H2,1H3,(H,15,16). The van der Waals surface area contributed by atoms with Crippen LogP contribution in [0.25, 0.3) is 0 Å². The number of rotatable bonds is 3. The highest BCUT2D eigenvalue weighted by Gasteiger charge is 2.38. The molecular formula is C14H20N4O2. The van der Waals surface area contributed by atoms with E-state index in [1.54, 1.807) is 19.2 Å². The number of anilines is 2. The van der Waals surface area contributed by atoms with Gasteiger partial charge in [-0.05, 0) is 31.2 Å². The zero-order valence-electron chi connectivity index (χ0n) is 11.7. The van der Waals surface area contributed by atoms with Gasteiger partial charge in [0.2, 0.25) is 5.82 Å².